The first-order chi connectivity index (χ1) is 14.6. The summed E-state index contributed by atoms with van der Waals surface area (Å²) in [6.07, 6.45) is 0.667. The van der Waals surface area contributed by atoms with E-state index in [1.54, 1.807) is 11.0 Å². The molecule has 0 bridgehead atoms. The summed E-state index contributed by atoms with van der Waals surface area (Å²) in [7, 11) is 1.51. The molecule has 1 unspecified atom stereocenters. The van der Waals surface area contributed by atoms with E-state index in [0.717, 1.165) is 16.7 Å². The summed E-state index contributed by atoms with van der Waals surface area (Å²) in [5.74, 6) is 0.157. The zero-order valence-electron chi connectivity index (χ0n) is 16.9. The van der Waals surface area contributed by atoms with Crippen LogP contribution in [-0.2, 0) is 30.7 Å². The van der Waals surface area contributed by atoms with Crippen molar-refractivity contribution >= 4 is 6.09 Å². The molecule has 30 heavy (non-hydrogen) atoms. The lowest BCUT2D eigenvalue weighted by molar-refractivity contribution is 0.0726. The monoisotopic (exact) mass is 405 g/mol. The van der Waals surface area contributed by atoms with Crippen LogP contribution in [0.4, 0.5) is 9.18 Å². The molecule has 0 saturated carbocycles. The van der Waals surface area contributed by atoms with Crippen LogP contribution in [-0.4, -0.2) is 24.1 Å². The summed E-state index contributed by atoms with van der Waals surface area (Å²) in [5.41, 5.74) is 3.42. The minimum absolute atomic E-state index is 0.189. The number of carbonyl (C=O) groups is 1. The average Bonchev–Trinajstić information content (AvgIpc) is 2.78. The van der Waals surface area contributed by atoms with Crippen molar-refractivity contribution in [3.63, 3.8) is 0 Å². The van der Waals surface area contributed by atoms with E-state index < -0.39 is 6.09 Å². The van der Waals surface area contributed by atoms with Gasteiger partial charge in [0, 0.05) is 18.7 Å². The predicted octanol–water partition coefficient (Wildman–Crippen LogP) is 5.14. The zero-order valence-corrected chi connectivity index (χ0v) is 16.9. The fourth-order valence-corrected chi connectivity index (χ4v) is 3.90. The molecule has 0 fully saturated rings. The van der Waals surface area contributed by atoms with E-state index in [2.05, 4.69) is 0 Å². The first kappa shape index (κ1) is 20.0. The Morgan fingerprint density at radius 1 is 1.03 bits per heavy atom. The SMILES string of the molecule is COc1cc(F)c2c(c1)CN(C(=O)OCc1ccccc1)C(Cc1ccccc1)C2. The summed E-state index contributed by atoms with van der Waals surface area (Å²) in [6.45, 7) is 0.488. The number of hydrogen-bond acceptors (Lipinski definition) is 3. The Balaban J connectivity index is 1.58. The Hall–Kier alpha value is -3.34. The van der Waals surface area contributed by atoms with Gasteiger partial charge in [0.1, 0.15) is 18.2 Å². The zero-order chi connectivity index (χ0) is 20.9. The fraction of sp³-hybridized carbons (Fsp3) is 0.240. The van der Waals surface area contributed by atoms with Crippen LogP contribution in [0.3, 0.4) is 0 Å². The van der Waals surface area contributed by atoms with Crippen molar-refractivity contribution in [1.82, 2.24) is 4.90 Å². The van der Waals surface area contributed by atoms with Gasteiger partial charge < -0.3 is 14.4 Å². The van der Waals surface area contributed by atoms with E-state index in [1.807, 2.05) is 60.7 Å². The molecule has 4 rings (SSSR count). The lowest BCUT2D eigenvalue weighted by atomic mass is 9.90. The number of nitrogens with zero attached hydrogens (tertiary/aromatic N) is 1. The van der Waals surface area contributed by atoms with Gasteiger partial charge in [0.05, 0.1) is 7.11 Å². The Morgan fingerprint density at radius 3 is 2.37 bits per heavy atom. The van der Waals surface area contributed by atoms with Gasteiger partial charge in [0.15, 0.2) is 0 Å². The highest BCUT2D eigenvalue weighted by Gasteiger charge is 2.33. The Bertz CT molecular complexity index is 1010. The highest BCUT2D eigenvalue weighted by atomic mass is 19.1. The van der Waals surface area contributed by atoms with Gasteiger partial charge >= 0.3 is 6.09 Å². The summed E-state index contributed by atoms with van der Waals surface area (Å²) in [5, 5.41) is 0. The van der Waals surface area contributed by atoms with Crippen LogP contribution >= 0.6 is 0 Å². The van der Waals surface area contributed by atoms with Crippen molar-refractivity contribution in [3.05, 3.63) is 101 Å². The van der Waals surface area contributed by atoms with Gasteiger partial charge in [0.2, 0.25) is 0 Å². The second kappa shape index (κ2) is 8.99. The van der Waals surface area contributed by atoms with Crippen LogP contribution < -0.4 is 4.74 Å². The van der Waals surface area contributed by atoms with Crippen LogP contribution in [0.15, 0.2) is 72.8 Å². The highest BCUT2D eigenvalue weighted by Crippen LogP contribution is 2.31. The maximum Gasteiger partial charge on any atom is 0.410 e. The first-order valence-corrected chi connectivity index (χ1v) is 10.0. The van der Waals surface area contributed by atoms with Crippen LogP contribution in [0.25, 0.3) is 0 Å². The molecule has 0 aromatic heterocycles. The molecule has 1 atom stereocenters. The number of methoxy groups -OCH3 is 1. The second-order valence-corrected chi connectivity index (χ2v) is 7.46. The molecule has 1 heterocycles. The Morgan fingerprint density at radius 2 is 1.70 bits per heavy atom. The van der Waals surface area contributed by atoms with E-state index >= 15 is 0 Å². The molecule has 5 heteroatoms. The van der Waals surface area contributed by atoms with Gasteiger partial charge in [-0.05, 0) is 41.2 Å². The molecular formula is C25H24FNO3. The van der Waals surface area contributed by atoms with Crippen LogP contribution in [0.5, 0.6) is 5.75 Å². The van der Waals surface area contributed by atoms with Gasteiger partial charge in [-0.2, -0.15) is 0 Å². The van der Waals surface area contributed by atoms with Gasteiger partial charge in [-0.1, -0.05) is 60.7 Å². The lowest BCUT2D eigenvalue weighted by Crippen LogP contribution is -2.46. The van der Waals surface area contributed by atoms with Crippen molar-refractivity contribution in [2.24, 2.45) is 0 Å². The molecule has 0 radical (unpaired) electrons. The number of ether oxygens (including phenoxy) is 2. The normalized spacial score (nSPS) is 15.4. The molecule has 3 aromatic carbocycles. The maximum absolute atomic E-state index is 14.7. The molecule has 0 N–H and O–H groups in total. The summed E-state index contributed by atoms with van der Waals surface area (Å²) in [6, 6.07) is 22.5. The van der Waals surface area contributed by atoms with Gasteiger partial charge in [-0.3, -0.25) is 0 Å². The molecule has 1 aliphatic rings. The average molecular weight is 405 g/mol. The summed E-state index contributed by atoms with van der Waals surface area (Å²) < 4.78 is 25.5. The van der Waals surface area contributed by atoms with Crippen LogP contribution in [0, 0.1) is 5.82 Å². The number of halogens is 1. The summed E-state index contributed by atoms with van der Waals surface area (Å²) >= 11 is 0. The number of benzene rings is 3. The quantitative estimate of drug-likeness (QED) is 0.590. The van der Waals surface area contributed by atoms with E-state index in [-0.39, 0.29) is 25.0 Å². The van der Waals surface area contributed by atoms with Crippen molar-refractivity contribution in [3.8, 4) is 5.75 Å². The minimum Gasteiger partial charge on any atom is -0.497 e. The first-order valence-electron chi connectivity index (χ1n) is 10.0. The number of hydrogen-bond donors (Lipinski definition) is 0. The Kier molecular flexibility index (Phi) is 5.98. The smallest absolute Gasteiger partial charge is 0.410 e. The van der Waals surface area contributed by atoms with Crippen molar-refractivity contribution in [2.75, 3.05) is 7.11 Å². The fourth-order valence-electron chi connectivity index (χ4n) is 3.90. The van der Waals surface area contributed by atoms with E-state index in [1.165, 1.54) is 13.2 Å². The lowest BCUT2D eigenvalue weighted by Gasteiger charge is -2.36. The van der Waals surface area contributed by atoms with E-state index in [0.29, 0.717) is 24.2 Å². The number of rotatable bonds is 5. The molecule has 0 aliphatic carbocycles. The standard InChI is InChI=1S/C25H24FNO3/c1-29-22-13-20-16-27(25(28)30-17-19-10-6-3-7-11-19)21(14-23(20)24(26)15-22)12-18-8-4-2-5-9-18/h2-11,13,15,21H,12,14,16-17H2,1H3. The molecule has 3 aromatic rings. The van der Waals surface area contributed by atoms with E-state index in [4.69, 9.17) is 9.47 Å². The molecule has 0 spiro atoms. The number of carbonyl (C=O) groups excluding carboxylic acids is 1. The third kappa shape index (κ3) is 4.46. The predicted molar refractivity (Wildman–Crippen MR) is 113 cm³/mol. The maximum atomic E-state index is 14.7. The van der Waals surface area contributed by atoms with E-state index in [9.17, 15) is 9.18 Å². The topological polar surface area (TPSA) is 38.8 Å². The van der Waals surface area contributed by atoms with Gasteiger partial charge in [-0.15, -0.1) is 0 Å². The molecule has 1 amide bonds. The second-order valence-electron chi connectivity index (χ2n) is 7.46. The Labute approximate surface area is 175 Å². The molecular weight excluding hydrogens is 381 g/mol. The van der Waals surface area contributed by atoms with Gasteiger partial charge in [-0.25, -0.2) is 9.18 Å². The third-order valence-corrected chi connectivity index (χ3v) is 5.47. The van der Waals surface area contributed by atoms with Gasteiger partial charge in [0.25, 0.3) is 0 Å². The largest absolute Gasteiger partial charge is 0.497 e. The molecule has 0 saturated heterocycles. The molecule has 1 aliphatic heterocycles. The van der Waals surface area contributed by atoms with Crippen LogP contribution in [0.2, 0.25) is 0 Å². The molecule has 4 nitrogen and oxygen atoms in total. The minimum atomic E-state index is -0.395. The van der Waals surface area contributed by atoms with Crippen molar-refractivity contribution < 1.29 is 18.7 Å². The van der Waals surface area contributed by atoms with Crippen LogP contribution in [0.1, 0.15) is 22.3 Å². The highest BCUT2D eigenvalue weighted by molar-refractivity contribution is 5.69. The van der Waals surface area contributed by atoms with Crippen molar-refractivity contribution in [1.29, 1.82) is 0 Å². The van der Waals surface area contributed by atoms with Crippen molar-refractivity contribution in [2.45, 2.75) is 32.0 Å². The molecule has 154 valence electrons. The number of fused-ring (bicyclic) bond motifs is 1. The number of amides is 1. The third-order valence-electron chi connectivity index (χ3n) is 5.47. The summed E-state index contributed by atoms with van der Waals surface area (Å²) in [4.78, 5) is 14.7.